The molecule has 2 heterocycles. The molecule has 2 aliphatic heterocycles. The van der Waals surface area contributed by atoms with Gasteiger partial charge in [-0.25, -0.2) is 8.42 Å². The molecule has 28 heavy (non-hydrogen) atoms. The van der Waals surface area contributed by atoms with E-state index in [4.69, 9.17) is 4.74 Å². The normalized spacial score (nSPS) is 27.1. The van der Waals surface area contributed by atoms with Crippen LogP contribution in [0.1, 0.15) is 63.4 Å². The summed E-state index contributed by atoms with van der Waals surface area (Å²) < 4.78 is 33.5. The van der Waals surface area contributed by atoms with Crippen molar-refractivity contribution in [3.05, 3.63) is 29.8 Å². The summed E-state index contributed by atoms with van der Waals surface area (Å²) in [5.41, 5.74) is 1.30. The molecule has 0 radical (unpaired) electrons. The molecule has 0 N–H and O–H groups in total. The van der Waals surface area contributed by atoms with Crippen LogP contribution in [0.4, 0.5) is 0 Å². The van der Waals surface area contributed by atoms with Gasteiger partial charge in [0.2, 0.25) is 10.0 Å². The molecule has 0 aromatic heterocycles. The topological polar surface area (TPSA) is 49.9 Å². The Bertz CT molecular complexity index is 736. The molecular weight excluding hydrogens is 372 g/mol. The number of ether oxygens (including phenoxy) is 1. The molecule has 4 rings (SSSR count). The lowest BCUT2D eigenvalue weighted by atomic mass is 9.84. The van der Waals surface area contributed by atoms with E-state index in [-0.39, 0.29) is 6.10 Å². The maximum atomic E-state index is 13.1. The van der Waals surface area contributed by atoms with Crippen molar-refractivity contribution in [3.63, 3.8) is 0 Å². The van der Waals surface area contributed by atoms with Gasteiger partial charge in [-0.15, -0.1) is 0 Å². The van der Waals surface area contributed by atoms with Crippen LogP contribution < -0.4 is 0 Å². The molecule has 1 aromatic carbocycles. The summed E-state index contributed by atoms with van der Waals surface area (Å²) in [7, 11) is -3.38. The number of sulfonamides is 1. The first-order valence-electron chi connectivity index (χ1n) is 11.0. The largest absolute Gasteiger partial charge is 0.376 e. The van der Waals surface area contributed by atoms with Crippen LogP contribution in [0.15, 0.2) is 29.2 Å². The van der Waals surface area contributed by atoms with Gasteiger partial charge < -0.3 is 4.74 Å². The van der Waals surface area contributed by atoms with Gasteiger partial charge in [-0.05, 0) is 56.2 Å². The van der Waals surface area contributed by atoms with Crippen molar-refractivity contribution in [2.75, 3.05) is 32.8 Å². The average Bonchev–Trinajstić information content (AvgIpc) is 2.74. The highest BCUT2D eigenvalue weighted by Gasteiger charge is 2.33. The van der Waals surface area contributed by atoms with Gasteiger partial charge in [-0.3, -0.25) is 4.90 Å². The highest BCUT2D eigenvalue weighted by Crippen LogP contribution is 2.33. The Morgan fingerprint density at radius 1 is 0.929 bits per heavy atom. The molecule has 156 valence electrons. The number of piperidine rings is 1. The first-order chi connectivity index (χ1) is 13.5. The van der Waals surface area contributed by atoms with Crippen LogP contribution in [0, 0.1) is 0 Å². The molecular formula is C22H34N2O3S. The van der Waals surface area contributed by atoms with E-state index in [9.17, 15) is 8.42 Å². The quantitative estimate of drug-likeness (QED) is 0.766. The Morgan fingerprint density at radius 3 is 2.25 bits per heavy atom. The Balaban J connectivity index is 1.37. The van der Waals surface area contributed by atoms with Gasteiger partial charge in [-0.1, -0.05) is 31.4 Å². The molecule has 1 atom stereocenters. The van der Waals surface area contributed by atoms with Crippen LogP contribution in [-0.4, -0.2) is 62.6 Å². The lowest BCUT2D eigenvalue weighted by Crippen LogP contribution is -2.51. The molecule has 5 nitrogen and oxygen atoms in total. The summed E-state index contributed by atoms with van der Waals surface area (Å²) >= 11 is 0. The van der Waals surface area contributed by atoms with Gasteiger partial charge >= 0.3 is 0 Å². The van der Waals surface area contributed by atoms with Crippen molar-refractivity contribution >= 4 is 10.0 Å². The van der Waals surface area contributed by atoms with E-state index in [0.29, 0.717) is 29.9 Å². The Hall–Kier alpha value is -0.950. The SMILES string of the molecule is CC1CN(C2CCN(S(=O)(=O)c3ccc(C4CCCCC4)cc3)CC2)CCO1. The third-order valence-electron chi connectivity index (χ3n) is 6.81. The third kappa shape index (κ3) is 4.45. The standard InChI is InChI=1S/C22H34N2O3S/c1-18-17-23(15-16-27-18)21-11-13-24(14-12-21)28(25,26)22-9-7-20(8-10-22)19-5-3-2-4-6-19/h7-10,18-19,21H,2-6,11-17H2,1H3. The van der Waals surface area contributed by atoms with Gasteiger partial charge in [0, 0.05) is 32.2 Å². The zero-order valence-electron chi connectivity index (χ0n) is 17.1. The number of morpholine rings is 1. The second kappa shape index (κ2) is 8.82. The van der Waals surface area contributed by atoms with Gasteiger partial charge in [0.15, 0.2) is 0 Å². The molecule has 3 aliphatic rings. The summed E-state index contributed by atoms with van der Waals surface area (Å²) in [6, 6.07) is 8.23. The van der Waals surface area contributed by atoms with Gasteiger partial charge in [0.25, 0.3) is 0 Å². The predicted octanol–water partition coefficient (Wildman–Crippen LogP) is 3.61. The Labute approximate surface area is 170 Å². The number of rotatable bonds is 4. The molecule has 2 saturated heterocycles. The molecule has 0 spiro atoms. The smallest absolute Gasteiger partial charge is 0.243 e. The van der Waals surface area contributed by atoms with E-state index in [0.717, 1.165) is 32.5 Å². The van der Waals surface area contributed by atoms with E-state index in [1.807, 2.05) is 24.3 Å². The molecule has 0 amide bonds. The van der Waals surface area contributed by atoms with Crippen LogP contribution in [-0.2, 0) is 14.8 Å². The molecule has 1 aromatic rings. The van der Waals surface area contributed by atoms with Crippen LogP contribution in [0.3, 0.4) is 0 Å². The fraction of sp³-hybridized carbons (Fsp3) is 0.727. The summed E-state index contributed by atoms with van der Waals surface area (Å²) in [5.74, 6) is 0.608. The first kappa shape index (κ1) is 20.3. The number of hydrogen-bond acceptors (Lipinski definition) is 4. The number of hydrogen-bond donors (Lipinski definition) is 0. The first-order valence-corrected chi connectivity index (χ1v) is 12.4. The fourth-order valence-electron chi connectivity index (χ4n) is 5.12. The average molecular weight is 407 g/mol. The number of nitrogens with zero attached hydrogens (tertiary/aromatic N) is 2. The second-order valence-electron chi connectivity index (χ2n) is 8.72. The van der Waals surface area contributed by atoms with E-state index in [1.54, 1.807) is 4.31 Å². The van der Waals surface area contributed by atoms with Crippen LogP contribution in [0.2, 0.25) is 0 Å². The number of benzene rings is 1. The molecule has 1 aliphatic carbocycles. The summed E-state index contributed by atoms with van der Waals surface area (Å²) in [4.78, 5) is 2.93. The summed E-state index contributed by atoms with van der Waals surface area (Å²) in [6.07, 6.45) is 8.49. The zero-order valence-corrected chi connectivity index (χ0v) is 17.9. The fourth-order valence-corrected chi connectivity index (χ4v) is 6.59. The molecule has 6 heteroatoms. The van der Waals surface area contributed by atoms with Crippen molar-refractivity contribution in [3.8, 4) is 0 Å². The lowest BCUT2D eigenvalue weighted by Gasteiger charge is -2.41. The van der Waals surface area contributed by atoms with Gasteiger partial charge in [-0.2, -0.15) is 4.31 Å². The van der Waals surface area contributed by atoms with Crippen molar-refractivity contribution in [2.45, 2.75) is 74.8 Å². The summed E-state index contributed by atoms with van der Waals surface area (Å²) in [5, 5.41) is 0. The Morgan fingerprint density at radius 2 is 1.61 bits per heavy atom. The highest BCUT2D eigenvalue weighted by molar-refractivity contribution is 7.89. The maximum Gasteiger partial charge on any atom is 0.243 e. The monoisotopic (exact) mass is 406 g/mol. The second-order valence-corrected chi connectivity index (χ2v) is 10.7. The van der Waals surface area contributed by atoms with Gasteiger partial charge in [0.05, 0.1) is 17.6 Å². The minimum Gasteiger partial charge on any atom is -0.376 e. The van der Waals surface area contributed by atoms with Crippen LogP contribution >= 0.6 is 0 Å². The Kier molecular flexibility index (Phi) is 6.40. The summed E-state index contributed by atoms with van der Waals surface area (Å²) in [6.45, 7) is 6.05. The van der Waals surface area contributed by atoms with Gasteiger partial charge in [0.1, 0.15) is 0 Å². The molecule has 1 unspecified atom stereocenters. The van der Waals surface area contributed by atoms with E-state index in [2.05, 4.69) is 11.8 Å². The van der Waals surface area contributed by atoms with E-state index in [1.165, 1.54) is 37.7 Å². The minimum atomic E-state index is -3.38. The van der Waals surface area contributed by atoms with E-state index >= 15 is 0 Å². The third-order valence-corrected chi connectivity index (χ3v) is 8.72. The van der Waals surface area contributed by atoms with Crippen LogP contribution in [0.5, 0.6) is 0 Å². The predicted molar refractivity (Wildman–Crippen MR) is 111 cm³/mol. The van der Waals surface area contributed by atoms with Crippen molar-refractivity contribution < 1.29 is 13.2 Å². The minimum absolute atomic E-state index is 0.276. The van der Waals surface area contributed by atoms with Crippen molar-refractivity contribution in [1.82, 2.24) is 9.21 Å². The molecule has 1 saturated carbocycles. The van der Waals surface area contributed by atoms with Crippen molar-refractivity contribution in [1.29, 1.82) is 0 Å². The molecule has 3 fully saturated rings. The molecule has 0 bridgehead atoms. The zero-order chi connectivity index (χ0) is 19.6. The van der Waals surface area contributed by atoms with Crippen molar-refractivity contribution in [2.24, 2.45) is 0 Å². The lowest BCUT2D eigenvalue weighted by molar-refractivity contribution is -0.0406. The highest BCUT2D eigenvalue weighted by atomic mass is 32.2. The van der Waals surface area contributed by atoms with E-state index < -0.39 is 10.0 Å². The van der Waals surface area contributed by atoms with Crippen LogP contribution in [0.25, 0.3) is 0 Å². The maximum absolute atomic E-state index is 13.1.